The SMILES string of the molecule is CCCCC/C=C\C/C=C\C/C=C\C/C=C\CCCC(=O)OC[C@H](COP(=O)(O)OC[C@H](O)COP(=O)(O)OC[C@@H](COC(=O)CCCCCCC/C=C\C=C/CCCCCC)OC(=O)CCC/C=C\C/C=C\C/C=C\C/C=C\CCCCC)OC(=O)CCCCCCCCCCCCCCC. The standard InChI is InChI=1S/C83H142O17P2/c1-5-9-13-17-21-25-29-33-36-38-41-45-48-52-56-60-64-68-81(86)94-73-78(99-82(87)69-65-61-57-53-49-43-32-28-24-20-16-12-8-4)75-97-101(89,90)95-71-77(84)72-96-102(91,92)98-76-79(74-93-80(85)67-63-59-55-51-47-44-40-35-31-27-23-19-15-11-7-3)100-83(88)70-66-62-58-54-50-46-42-39-37-34-30-26-22-18-14-10-6-2/h21-22,25-27,31,33-37,40-42,45-46,52,54,56,58,77-79,84H,5-20,23-24,28-30,32,38-39,43-44,47-51,53,55,57,59-76H2,1-4H3,(H,89,90)(H,91,92)/b25-21-,26-22-,31-27-,36-33-,37-34-,40-35-,45-41-,46-42-,56-52-,58-54-/t77-,78+,79+/m0/s1. The average molecular weight is 1470 g/mol. The summed E-state index contributed by atoms with van der Waals surface area (Å²) >= 11 is 0. The molecular weight excluding hydrogens is 1330 g/mol. The Morgan fingerprint density at radius 3 is 0.873 bits per heavy atom. The van der Waals surface area contributed by atoms with Crippen molar-refractivity contribution in [1.82, 2.24) is 0 Å². The van der Waals surface area contributed by atoms with E-state index < -0.39 is 97.5 Å². The van der Waals surface area contributed by atoms with E-state index in [1.807, 2.05) is 24.3 Å². The molecule has 0 radical (unpaired) electrons. The van der Waals surface area contributed by atoms with E-state index in [4.69, 9.17) is 37.0 Å². The summed E-state index contributed by atoms with van der Waals surface area (Å²) in [5.74, 6) is -2.32. The molecule has 0 rings (SSSR count). The molecule has 0 aliphatic heterocycles. The van der Waals surface area contributed by atoms with Crippen LogP contribution in [0.1, 0.15) is 323 Å². The molecule has 0 aromatic carbocycles. The number of carbonyl (C=O) groups is 4. The molecule has 0 amide bonds. The Morgan fingerprint density at radius 2 is 0.520 bits per heavy atom. The summed E-state index contributed by atoms with van der Waals surface area (Å²) in [4.78, 5) is 72.9. The Balaban J connectivity index is 5.46. The molecule has 17 nitrogen and oxygen atoms in total. The maximum atomic E-state index is 13.1. The van der Waals surface area contributed by atoms with Gasteiger partial charge in [0, 0.05) is 25.7 Å². The fourth-order valence-corrected chi connectivity index (χ4v) is 11.9. The number of allylic oxidation sites excluding steroid dienone is 20. The minimum atomic E-state index is -5.00. The van der Waals surface area contributed by atoms with Crippen LogP contribution in [-0.4, -0.2) is 96.7 Å². The van der Waals surface area contributed by atoms with E-state index in [2.05, 4.69) is 125 Å². The molecule has 0 saturated carbocycles. The highest BCUT2D eigenvalue weighted by atomic mass is 31.2. The van der Waals surface area contributed by atoms with Crippen molar-refractivity contribution in [2.24, 2.45) is 0 Å². The van der Waals surface area contributed by atoms with Crippen LogP contribution in [0.15, 0.2) is 122 Å². The van der Waals surface area contributed by atoms with Gasteiger partial charge in [-0.1, -0.05) is 290 Å². The largest absolute Gasteiger partial charge is 0.472 e. The van der Waals surface area contributed by atoms with Crippen LogP contribution in [-0.2, 0) is 65.4 Å². The smallest absolute Gasteiger partial charge is 0.462 e. The Labute approximate surface area is 619 Å². The highest BCUT2D eigenvalue weighted by molar-refractivity contribution is 7.47. The number of hydrogen-bond acceptors (Lipinski definition) is 15. The molecule has 0 aromatic rings. The third-order valence-electron chi connectivity index (χ3n) is 16.4. The number of carbonyl (C=O) groups excluding carboxylic acids is 4. The first-order chi connectivity index (χ1) is 49.7. The van der Waals surface area contributed by atoms with Crippen LogP contribution in [0.2, 0.25) is 0 Å². The van der Waals surface area contributed by atoms with Gasteiger partial charge < -0.3 is 33.8 Å². The minimum absolute atomic E-state index is 0.0130. The summed E-state index contributed by atoms with van der Waals surface area (Å²) in [6.07, 6.45) is 81.9. The van der Waals surface area contributed by atoms with Crippen LogP contribution in [0.3, 0.4) is 0 Å². The highest BCUT2D eigenvalue weighted by Gasteiger charge is 2.30. The second-order valence-corrected chi connectivity index (χ2v) is 29.2. The van der Waals surface area contributed by atoms with Crippen LogP contribution in [0.25, 0.3) is 0 Å². The summed E-state index contributed by atoms with van der Waals surface area (Å²) in [6.45, 7) is 4.67. The van der Waals surface area contributed by atoms with Gasteiger partial charge >= 0.3 is 39.5 Å². The van der Waals surface area contributed by atoms with Crippen molar-refractivity contribution in [3.05, 3.63) is 122 Å². The number of unbranched alkanes of at least 4 members (excludes halogenated alkanes) is 29. The van der Waals surface area contributed by atoms with Crippen molar-refractivity contribution in [2.45, 2.75) is 341 Å². The summed E-state index contributed by atoms with van der Waals surface area (Å²) < 4.78 is 68.4. The van der Waals surface area contributed by atoms with Gasteiger partial charge in [-0.25, -0.2) is 9.13 Å². The molecule has 2 unspecified atom stereocenters. The van der Waals surface area contributed by atoms with E-state index >= 15 is 0 Å². The van der Waals surface area contributed by atoms with Gasteiger partial charge in [0.2, 0.25) is 0 Å². The quantitative estimate of drug-likeness (QED) is 0.0128. The first-order valence-corrected chi connectivity index (χ1v) is 42.8. The fraction of sp³-hybridized carbons (Fsp3) is 0.711. The molecule has 0 saturated heterocycles. The van der Waals surface area contributed by atoms with E-state index in [-0.39, 0.29) is 25.7 Å². The highest BCUT2D eigenvalue weighted by Crippen LogP contribution is 2.45. The van der Waals surface area contributed by atoms with Crippen LogP contribution < -0.4 is 0 Å². The molecule has 102 heavy (non-hydrogen) atoms. The fourth-order valence-electron chi connectivity index (χ4n) is 10.3. The van der Waals surface area contributed by atoms with E-state index in [1.165, 1.54) is 116 Å². The monoisotopic (exact) mass is 1470 g/mol. The minimum Gasteiger partial charge on any atom is -0.462 e. The summed E-state index contributed by atoms with van der Waals surface area (Å²) in [7, 11) is -9.99. The number of aliphatic hydroxyl groups is 1. The van der Waals surface area contributed by atoms with Crippen LogP contribution in [0.4, 0.5) is 0 Å². The van der Waals surface area contributed by atoms with Crippen molar-refractivity contribution >= 4 is 39.5 Å². The first-order valence-electron chi connectivity index (χ1n) is 39.8. The van der Waals surface area contributed by atoms with E-state index in [1.54, 1.807) is 0 Å². The molecule has 586 valence electrons. The topological polar surface area (TPSA) is 237 Å². The van der Waals surface area contributed by atoms with Gasteiger partial charge in [0.1, 0.15) is 19.3 Å². The van der Waals surface area contributed by atoms with Gasteiger partial charge in [0.05, 0.1) is 26.4 Å². The summed E-state index contributed by atoms with van der Waals surface area (Å²) in [5, 5.41) is 10.6. The normalized spacial score (nSPS) is 14.5. The maximum absolute atomic E-state index is 13.1. The third kappa shape index (κ3) is 73.8. The molecule has 19 heteroatoms. The Bertz CT molecular complexity index is 2410. The predicted octanol–water partition coefficient (Wildman–Crippen LogP) is 23.1. The molecule has 0 fully saturated rings. The van der Waals surface area contributed by atoms with Crippen molar-refractivity contribution in [1.29, 1.82) is 0 Å². The average Bonchev–Trinajstić information content (AvgIpc) is 0.909. The lowest BCUT2D eigenvalue weighted by Crippen LogP contribution is -2.30. The Kier molecular flexibility index (Phi) is 71.4. The first kappa shape index (κ1) is 97.5. The number of hydrogen-bond donors (Lipinski definition) is 3. The van der Waals surface area contributed by atoms with Gasteiger partial charge in [-0.2, -0.15) is 0 Å². The van der Waals surface area contributed by atoms with Gasteiger partial charge in [0.25, 0.3) is 0 Å². The van der Waals surface area contributed by atoms with Gasteiger partial charge in [-0.3, -0.25) is 37.3 Å². The van der Waals surface area contributed by atoms with E-state index in [0.717, 1.165) is 116 Å². The lowest BCUT2D eigenvalue weighted by molar-refractivity contribution is -0.161. The van der Waals surface area contributed by atoms with Crippen molar-refractivity contribution in [3.63, 3.8) is 0 Å². The molecule has 0 aromatic heterocycles. The molecule has 0 spiro atoms. The zero-order valence-electron chi connectivity index (χ0n) is 64.0. The molecule has 3 N–H and O–H groups in total. The molecule has 5 atom stereocenters. The van der Waals surface area contributed by atoms with E-state index in [9.17, 15) is 43.2 Å². The van der Waals surface area contributed by atoms with Crippen LogP contribution >= 0.6 is 15.6 Å². The van der Waals surface area contributed by atoms with Gasteiger partial charge in [-0.15, -0.1) is 0 Å². The lowest BCUT2D eigenvalue weighted by atomic mass is 10.0. The summed E-state index contributed by atoms with van der Waals surface area (Å²) in [6, 6.07) is 0. The van der Waals surface area contributed by atoms with Crippen molar-refractivity contribution in [2.75, 3.05) is 39.6 Å². The Morgan fingerprint density at radius 1 is 0.284 bits per heavy atom. The van der Waals surface area contributed by atoms with Crippen molar-refractivity contribution in [3.8, 4) is 0 Å². The van der Waals surface area contributed by atoms with Crippen molar-refractivity contribution < 1.29 is 80.2 Å². The number of phosphoric ester groups is 2. The van der Waals surface area contributed by atoms with Crippen LogP contribution in [0.5, 0.6) is 0 Å². The molecule has 0 aliphatic carbocycles. The predicted molar refractivity (Wildman–Crippen MR) is 418 cm³/mol. The Hall–Kier alpha value is -4.54. The third-order valence-corrected chi connectivity index (χ3v) is 18.3. The number of rotatable bonds is 74. The zero-order valence-corrected chi connectivity index (χ0v) is 65.8. The molecular formula is C83H142O17P2. The lowest BCUT2D eigenvalue weighted by Gasteiger charge is -2.21. The van der Waals surface area contributed by atoms with Gasteiger partial charge in [-0.05, 0) is 128 Å². The van der Waals surface area contributed by atoms with E-state index in [0.29, 0.717) is 38.5 Å². The maximum Gasteiger partial charge on any atom is 0.472 e. The molecule has 0 heterocycles. The number of phosphoric acid groups is 2. The van der Waals surface area contributed by atoms with Crippen LogP contribution in [0, 0.1) is 0 Å². The number of ether oxygens (including phenoxy) is 4. The second-order valence-electron chi connectivity index (χ2n) is 26.3. The number of aliphatic hydroxyl groups excluding tert-OH is 1. The van der Waals surface area contributed by atoms with Gasteiger partial charge in [0.15, 0.2) is 12.2 Å². The number of esters is 4. The molecule has 0 bridgehead atoms. The summed E-state index contributed by atoms with van der Waals surface area (Å²) in [5.41, 5.74) is 0. The zero-order chi connectivity index (χ0) is 74.6. The second kappa shape index (κ2) is 74.7. The molecule has 0 aliphatic rings.